The van der Waals surface area contributed by atoms with Crippen molar-refractivity contribution < 1.29 is 13.2 Å². The minimum absolute atomic E-state index is 0.0834. The molecule has 0 radical (unpaired) electrons. The van der Waals surface area contributed by atoms with E-state index in [0.717, 1.165) is 23.2 Å². The SMILES string of the molecule is CCOC1C(C)Cc2ccccc2N1S(=O)(=O)c1ccc(C)cc1. The molecule has 0 aliphatic carbocycles. The van der Waals surface area contributed by atoms with E-state index in [-0.39, 0.29) is 5.92 Å². The van der Waals surface area contributed by atoms with E-state index in [1.807, 2.05) is 57.2 Å². The van der Waals surface area contributed by atoms with Crippen molar-refractivity contribution in [3.63, 3.8) is 0 Å². The summed E-state index contributed by atoms with van der Waals surface area (Å²) in [5.74, 6) is 0.0834. The molecular weight excluding hydrogens is 322 g/mol. The third-order valence-electron chi connectivity index (χ3n) is 4.40. The molecule has 0 spiro atoms. The molecule has 2 unspecified atom stereocenters. The van der Waals surface area contributed by atoms with Gasteiger partial charge in [0.25, 0.3) is 10.0 Å². The maximum absolute atomic E-state index is 13.3. The summed E-state index contributed by atoms with van der Waals surface area (Å²) in [7, 11) is -3.69. The molecule has 0 fully saturated rings. The van der Waals surface area contributed by atoms with Crippen molar-refractivity contribution in [2.75, 3.05) is 10.9 Å². The van der Waals surface area contributed by atoms with Gasteiger partial charge in [-0.15, -0.1) is 0 Å². The van der Waals surface area contributed by atoms with Gasteiger partial charge in [-0.05, 0) is 44.0 Å². The Bertz CT molecular complexity index is 815. The van der Waals surface area contributed by atoms with E-state index >= 15 is 0 Å². The van der Waals surface area contributed by atoms with Crippen molar-refractivity contribution in [1.29, 1.82) is 0 Å². The Labute approximate surface area is 144 Å². The molecule has 0 N–H and O–H groups in total. The van der Waals surface area contributed by atoms with Crippen LogP contribution in [0.3, 0.4) is 0 Å². The average molecular weight is 345 g/mol. The van der Waals surface area contributed by atoms with Gasteiger partial charge in [0.1, 0.15) is 6.23 Å². The second kappa shape index (κ2) is 6.57. The number of fused-ring (bicyclic) bond motifs is 1. The summed E-state index contributed by atoms with van der Waals surface area (Å²) in [6.07, 6.45) is 0.317. The fourth-order valence-electron chi connectivity index (χ4n) is 3.21. The summed E-state index contributed by atoms with van der Waals surface area (Å²) in [5.41, 5.74) is 2.79. The zero-order valence-electron chi connectivity index (χ0n) is 14.3. The van der Waals surface area contributed by atoms with Crippen LogP contribution in [0.25, 0.3) is 0 Å². The first-order chi connectivity index (χ1) is 11.4. The smallest absolute Gasteiger partial charge is 0.266 e. The third kappa shape index (κ3) is 2.94. The third-order valence-corrected chi connectivity index (χ3v) is 6.19. The quantitative estimate of drug-likeness (QED) is 0.848. The first-order valence-corrected chi connectivity index (χ1v) is 9.69. The summed E-state index contributed by atoms with van der Waals surface area (Å²) in [5, 5.41) is 0. The Morgan fingerprint density at radius 2 is 1.79 bits per heavy atom. The van der Waals surface area contributed by atoms with Crippen LogP contribution in [0.15, 0.2) is 53.4 Å². The Morgan fingerprint density at radius 3 is 2.46 bits per heavy atom. The van der Waals surface area contributed by atoms with Crippen LogP contribution in [0.1, 0.15) is 25.0 Å². The number of ether oxygens (including phenoxy) is 1. The molecule has 1 heterocycles. The van der Waals surface area contributed by atoms with Crippen LogP contribution in [0.5, 0.6) is 0 Å². The van der Waals surface area contributed by atoms with Crippen molar-refractivity contribution >= 4 is 15.7 Å². The zero-order valence-corrected chi connectivity index (χ0v) is 15.1. The Morgan fingerprint density at radius 1 is 1.12 bits per heavy atom. The van der Waals surface area contributed by atoms with Gasteiger partial charge in [-0.1, -0.05) is 42.8 Å². The predicted octanol–water partition coefficient (Wildman–Crippen LogP) is 3.75. The highest BCUT2D eigenvalue weighted by Gasteiger charge is 2.40. The topological polar surface area (TPSA) is 46.6 Å². The first-order valence-electron chi connectivity index (χ1n) is 8.25. The van der Waals surface area contributed by atoms with Gasteiger partial charge in [0, 0.05) is 12.5 Å². The number of benzene rings is 2. The molecule has 0 saturated heterocycles. The standard InChI is InChI=1S/C19H23NO3S/c1-4-23-19-15(3)13-16-7-5-6-8-18(16)20(19)24(21,22)17-11-9-14(2)10-12-17/h5-12,15,19H,4,13H2,1-3H3. The van der Waals surface area contributed by atoms with Gasteiger partial charge < -0.3 is 4.74 Å². The van der Waals surface area contributed by atoms with Crippen molar-refractivity contribution in [2.24, 2.45) is 5.92 Å². The fraction of sp³-hybridized carbons (Fsp3) is 0.368. The molecule has 5 heteroatoms. The summed E-state index contributed by atoms with van der Waals surface area (Å²) < 4.78 is 34.0. The highest BCUT2D eigenvalue weighted by Crippen LogP contribution is 2.38. The van der Waals surface area contributed by atoms with Crippen LogP contribution in [0.4, 0.5) is 5.69 Å². The lowest BCUT2D eigenvalue weighted by Gasteiger charge is -2.41. The van der Waals surface area contributed by atoms with Crippen molar-refractivity contribution in [2.45, 2.75) is 38.3 Å². The van der Waals surface area contributed by atoms with Gasteiger partial charge in [0.2, 0.25) is 0 Å². The second-order valence-corrected chi connectivity index (χ2v) is 8.08. The fourth-order valence-corrected chi connectivity index (χ4v) is 4.89. The Balaban J connectivity index is 2.15. The summed E-state index contributed by atoms with van der Waals surface area (Å²) >= 11 is 0. The van der Waals surface area contributed by atoms with Gasteiger partial charge in [-0.25, -0.2) is 12.7 Å². The normalized spacial score (nSPS) is 20.7. The predicted molar refractivity (Wildman–Crippen MR) is 95.6 cm³/mol. The molecule has 1 aliphatic rings. The molecule has 4 nitrogen and oxygen atoms in total. The minimum Gasteiger partial charge on any atom is -0.357 e. The van der Waals surface area contributed by atoms with Crippen LogP contribution in [-0.2, 0) is 21.2 Å². The molecule has 128 valence electrons. The Hall–Kier alpha value is -1.85. The number of sulfonamides is 1. The molecule has 0 bridgehead atoms. The summed E-state index contributed by atoms with van der Waals surface area (Å²) in [6.45, 7) is 6.34. The Kier molecular flexibility index (Phi) is 4.65. The number of hydrogen-bond acceptors (Lipinski definition) is 3. The number of rotatable bonds is 4. The van der Waals surface area contributed by atoms with Crippen molar-refractivity contribution in [3.8, 4) is 0 Å². The molecule has 1 aliphatic heterocycles. The largest absolute Gasteiger partial charge is 0.357 e. The van der Waals surface area contributed by atoms with Crippen LogP contribution in [0.2, 0.25) is 0 Å². The summed E-state index contributed by atoms with van der Waals surface area (Å²) in [6, 6.07) is 14.6. The van der Waals surface area contributed by atoms with Crippen LogP contribution in [0, 0.1) is 12.8 Å². The second-order valence-electron chi connectivity index (χ2n) is 6.27. The van der Waals surface area contributed by atoms with E-state index in [4.69, 9.17) is 4.74 Å². The number of nitrogens with zero attached hydrogens (tertiary/aromatic N) is 1. The highest BCUT2D eigenvalue weighted by molar-refractivity contribution is 7.92. The maximum atomic E-state index is 13.3. The maximum Gasteiger partial charge on any atom is 0.266 e. The zero-order chi connectivity index (χ0) is 17.3. The van der Waals surface area contributed by atoms with Gasteiger partial charge in [0.15, 0.2) is 0 Å². The molecule has 0 saturated carbocycles. The molecule has 2 aromatic rings. The van der Waals surface area contributed by atoms with Gasteiger partial charge in [-0.2, -0.15) is 0 Å². The molecule has 2 atom stereocenters. The van der Waals surface area contributed by atoms with E-state index in [1.165, 1.54) is 4.31 Å². The molecule has 0 aromatic heterocycles. The van der Waals surface area contributed by atoms with Gasteiger partial charge in [0.05, 0.1) is 10.6 Å². The van der Waals surface area contributed by atoms with Crippen molar-refractivity contribution in [3.05, 3.63) is 59.7 Å². The lowest BCUT2D eigenvalue weighted by molar-refractivity contribution is 0.0302. The van der Waals surface area contributed by atoms with E-state index in [1.54, 1.807) is 12.1 Å². The number of aryl methyl sites for hydroxylation is 1. The van der Waals surface area contributed by atoms with E-state index < -0.39 is 16.3 Å². The van der Waals surface area contributed by atoms with Crippen LogP contribution in [-0.4, -0.2) is 21.3 Å². The number of hydrogen-bond donors (Lipinski definition) is 0. The summed E-state index contributed by atoms with van der Waals surface area (Å²) in [4.78, 5) is 0.293. The number of anilines is 1. The lowest BCUT2D eigenvalue weighted by atomic mass is 9.94. The van der Waals surface area contributed by atoms with E-state index in [9.17, 15) is 8.42 Å². The van der Waals surface area contributed by atoms with E-state index in [2.05, 4.69) is 0 Å². The monoisotopic (exact) mass is 345 g/mol. The van der Waals surface area contributed by atoms with Crippen molar-refractivity contribution in [1.82, 2.24) is 0 Å². The number of para-hydroxylation sites is 1. The average Bonchev–Trinajstić information content (AvgIpc) is 2.56. The first kappa shape index (κ1) is 17.0. The molecular formula is C19H23NO3S. The molecule has 24 heavy (non-hydrogen) atoms. The molecule has 3 rings (SSSR count). The lowest BCUT2D eigenvalue weighted by Crippen LogP contribution is -2.49. The van der Waals surface area contributed by atoms with E-state index in [0.29, 0.717) is 11.5 Å². The highest BCUT2D eigenvalue weighted by atomic mass is 32.2. The van der Waals surface area contributed by atoms with Gasteiger partial charge >= 0.3 is 0 Å². The van der Waals surface area contributed by atoms with Crippen LogP contribution < -0.4 is 4.31 Å². The molecule has 0 amide bonds. The minimum atomic E-state index is -3.69. The van der Waals surface area contributed by atoms with Crippen LogP contribution >= 0.6 is 0 Å². The molecule has 2 aromatic carbocycles. The van der Waals surface area contributed by atoms with Gasteiger partial charge in [-0.3, -0.25) is 0 Å².